The molecule has 0 aromatic carbocycles. The second-order valence-corrected chi connectivity index (χ2v) is 7.51. The van der Waals surface area contributed by atoms with Gasteiger partial charge in [-0.05, 0) is 58.6 Å². The van der Waals surface area contributed by atoms with Gasteiger partial charge in [0, 0.05) is 45.1 Å². The number of likely N-dealkylation sites (tertiary alicyclic amines) is 2. The quantitative estimate of drug-likeness (QED) is 0.822. The predicted octanol–water partition coefficient (Wildman–Crippen LogP) is 1.40. The molecule has 0 unspecified atom stereocenters. The van der Waals surface area contributed by atoms with Gasteiger partial charge in [0.1, 0.15) is 0 Å². The summed E-state index contributed by atoms with van der Waals surface area (Å²) in [6, 6.07) is 4.29. The van der Waals surface area contributed by atoms with Crippen LogP contribution in [0.15, 0.2) is 18.3 Å². The molecule has 1 aromatic rings. The molecule has 23 heavy (non-hydrogen) atoms. The minimum absolute atomic E-state index is 0.0585. The highest BCUT2D eigenvalue weighted by Crippen LogP contribution is 2.41. The second kappa shape index (κ2) is 6.65. The lowest BCUT2D eigenvalue weighted by Crippen LogP contribution is -2.45. The average molecular weight is 318 g/mol. The lowest BCUT2D eigenvalue weighted by Gasteiger charge is -2.38. The summed E-state index contributed by atoms with van der Waals surface area (Å²) in [4.78, 5) is 19.6. The summed E-state index contributed by atoms with van der Waals surface area (Å²) in [6.07, 6.45) is 5.20. The van der Waals surface area contributed by atoms with Crippen molar-refractivity contribution in [1.29, 1.82) is 0 Å². The van der Waals surface area contributed by atoms with Crippen LogP contribution in [0.25, 0.3) is 0 Å². The molecule has 128 valence electrons. The van der Waals surface area contributed by atoms with E-state index in [0.717, 1.165) is 58.5 Å². The predicted molar refractivity (Wildman–Crippen MR) is 92.1 cm³/mol. The van der Waals surface area contributed by atoms with Crippen LogP contribution in [0.1, 0.15) is 25.0 Å². The number of piperidine rings is 1. The van der Waals surface area contributed by atoms with Crippen molar-refractivity contribution in [3.63, 3.8) is 0 Å². The number of carbonyl (C=O) groups is 1. The van der Waals surface area contributed by atoms with E-state index < -0.39 is 0 Å². The lowest BCUT2D eigenvalue weighted by atomic mass is 9.77. The summed E-state index contributed by atoms with van der Waals surface area (Å²) in [7, 11) is 6.24. The Kier molecular flexibility index (Phi) is 4.78. The molecule has 0 N–H and O–H groups in total. The van der Waals surface area contributed by atoms with Crippen molar-refractivity contribution in [2.24, 2.45) is 12.5 Å². The normalized spacial score (nSPS) is 21.7. The molecule has 3 heterocycles. The van der Waals surface area contributed by atoms with Crippen LogP contribution in [0, 0.1) is 5.41 Å². The first-order valence-corrected chi connectivity index (χ1v) is 8.77. The number of aryl methyl sites for hydroxylation is 1. The second-order valence-electron chi connectivity index (χ2n) is 7.51. The van der Waals surface area contributed by atoms with Crippen LogP contribution in [0.3, 0.4) is 0 Å². The first-order valence-electron chi connectivity index (χ1n) is 8.77. The molecule has 5 heteroatoms. The van der Waals surface area contributed by atoms with Crippen molar-refractivity contribution < 1.29 is 4.79 Å². The largest absolute Gasteiger partial charge is 0.353 e. The first kappa shape index (κ1) is 16.5. The summed E-state index contributed by atoms with van der Waals surface area (Å²) >= 11 is 0. The summed E-state index contributed by atoms with van der Waals surface area (Å²) < 4.78 is 2.19. The molecule has 2 saturated heterocycles. The van der Waals surface area contributed by atoms with Crippen LogP contribution < -0.4 is 0 Å². The Labute approximate surface area is 139 Å². The number of aromatic nitrogens is 1. The van der Waals surface area contributed by atoms with Gasteiger partial charge in [0.15, 0.2) is 0 Å². The zero-order chi connectivity index (χ0) is 16.4. The third kappa shape index (κ3) is 3.45. The summed E-state index contributed by atoms with van der Waals surface area (Å²) in [5.74, 6) is 0.415. The van der Waals surface area contributed by atoms with Gasteiger partial charge in [0.05, 0.1) is 5.41 Å². The van der Waals surface area contributed by atoms with Gasteiger partial charge in [-0.25, -0.2) is 0 Å². The Bertz CT molecular complexity index is 543. The molecule has 0 atom stereocenters. The van der Waals surface area contributed by atoms with Crippen molar-refractivity contribution in [3.05, 3.63) is 24.0 Å². The van der Waals surface area contributed by atoms with Gasteiger partial charge in [0.25, 0.3) is 0 Å². The van der Waals surface area contributed by atoms with E-state index in [1.54, 1.807) is 0 Å². The molecule has 2 aliphatic rings. The number of rotatable bonds is 5. The minimum Gasteiger partial charge on any atom is -0.353 e. The lowest BCUT2D eigenvalue weighted by molar-refractivity contribution is -0.138. The van der Waals surface area contributed by atoms with E-state index in [2.05, 4.69) is 58.7 Å². The van der Waals surface area contributed by atoms with E-state index in [4.69, 9.17) is 0 Å². The molecule has 1 aromatic heterocycles. The zero-order valence-electron chi connectivity index (χ0n) is 14.8. The monoisotopic (exact) mass is 318 g/mol. The van der Waals surface area contributed by atoms with Gasteiger partial charge in [0.2, 0.25) is 5.91 Å². The summed E-state index contributed by atoms with van der Waals surface area (Å²) in [6.45, 7) is 5.86. The molecule has 2 fully saturated rings. The Hall–Kier alpha value is -1.33. The van der Waals surface area contributed by atoms with Crippen LogP contribution in [0.4, 0.5) is 0 Å². The summed E-state index contributed by atoms with van der Waals surface area (Å²) in [5.41, 5.74) is 1.29. The highest BCUT2D eigenvalue weighted by Gasteiger charge is 2.47. The third-order valence-electron chi connectivity index (χ3n) is 5.67. The molecule has 0 aliphatic carbocycles. The smallest absolute Gasteiger partial charge is 0.228 e. The van der Waals surface area contributed by atoms with Crippen LogP contribution in [-0.2, 0) is 18.4 Å². The van der Waals surface area contributed by atoms with Gasteiger partial charge in [-0.2, -0.15) is 0 Å². The molecule has 1 amide bonds. The number of nitrogens with zero attached hydrogens (tertiary/aromatic N) is 4. The fourth-order valence-electron chi connectivity index (χ4n) is 3.92. The Morgan fingerprint density at radius 1 is 1.17 bits per heavy atom. The molecule has 0 radical (unpaired) electrons. The zero-order valence-corrected chi connectivity index (χ0v) is 14.8. The van der Waals surface area contributed by atoms with Gasteiger partial charge < -0.3 is 14.4 Å². The molecular weight excluding hydrogens is 288 g/mol. The topological polar surface area (TPSA) is 31.7 Å². The highest BCUT2D eigenvalue weighted by atomic mass is 16.2. The number of carbonyl (C=O) groups excluding carboxylic acids is 1. The van der Waals surface area contributed by atoms with E-state index >= 15 is 0 Å². The van der Waals surface area contributed by atoms with Crippen LogP contribution in [0.5, 0.6) is 0 Å². The molecule has 1 spiro atoms. The minimum atomic E-state index is -0.0585. The molecule has 5 nitrogen and oxygen atoms in total. The maximum Gasteiger partial charge on any atom is 0.228 e. The van der Waals surface area contributed by atoms with E-state index in [0.29, 0.717) is 5.91 Å². The molecule has 0 saturated carbocycles. The third-order valence-corrected chi connectivity index (χ3v) is 5.67. The van der Waals surface area contributed by atoms with Gasteiger partial charge in [-0.1, -0.05) is 0 Å². The maximum atomic E-state index is 12.9. The highest BCUT2D eigenvalue weighted by molar-refractivity contribution is 5.85. The standard InChI is InChI=1S/C18H30N4O/c1-19(2)13-14-22-12-8-18(17(22)23)6-10-21(11-7-18)15-16-5-4-9-20(16)3/h4-5,9H,6-8,10-15H2,1-3H3. The Morgan fingerprint density at radius 3 is 2.48 bits per heavy atom. The van der Waals surface area contributed by atoms with Crippen LogP contribution >= 0.6 is 0 Å². The summed E-state index contributed by atoms with van der Waals surface area (Å²) in [5, 5.41) is 0. The van der Waals surface area contributed by atoms with Crippen molar-refractivity contribution in [1.82, 2.24) is 19.3 Å². The molecule has 0 bridgehead atoms. The van der Waals surface area contributed by atoms with Crippen LogP contribution in [-0.4, -0.2) is 72.0 Å². The number of likely N-dealkylation sites (N-methyl/N-ethyl adjacent to an activating group) is 1. The maximum absolute atomic E-state index is 12.9. The Balaban J connectivity index is 1.54. The van der Waals surface area contributed by atoms with Gasteiger partial charge in [-0.3, -0.25) is 9.69 Å². The number of hydrogen-bond acceptors (Lipinski definition) is 3. The average Bonchev–Trinajstić information content (AvgIpc) is 3.06. The van der Waals surface area contributed by atoms with E-state index in [-0.39, 0.29) is 5.41 Å². The number of amides is 1. The van der Waals surface area contributed by atoms with Gasteiger partial charge in [-0.15, -0.1) is 0 Å². The fourth-order valence-corrected chi connectivity index (χ4v) is 3.92. The van der Waals surface area contributed by atoms with Crippen molar-refractivity contribution in [2.45, 2.75) is 25.8 Å². The SMILES string of the molecule is CN(C)CCN1CCC2(CCN(Cc3cccn3C)CC2)C1=O. The van der Waals surface area contributed by atoms with Crippen molar-refractivity contribution >= 4 is 5.91 Å². The van der Waals surface area contributed by atoms with E-state index in [1.165, 1.54) is 5.69 Å². The number of hydrogen-bond donors (Lipinski definition) is 0. The first-order chi connectivity index (χ1) is 11.0. The van der Waals surface area contributed by atoms with Gasteiger partial charge >= 0.3 is 0 Å². The molecular formula is C18H30N4O. The van der Waals surface area contributed by atoms with Crippen molar-refractivity contribution in [2.75, 3.05) is 46.8 Å². The Morgan fingerprint density at radius 2 is 1.87 bits per heavy atom. The van der Waals surface area contributed by atoms with E-state index in [9.17, 15) is 4.79 Å². The molecule has 3 rings (SSSR count). The van der Waals surface area contributed by atoms with Crippen LogP contribution in [0.2, 0.25) is 0 Å². The van der Waals surface area contributed by atoms with E-state index in [1.807, 2.05) is 0 Å². The fraction of sp³-hybridized carbons (Fsp3) is 0.722. The van der Waals surface area contributed by atoms with Crippen molar-refractivity contribution in [3.8, 4) is 0 Å². The molecule has 2 aliphatic heterocycles.